The number of anilines is 1. The van der Waals surface area contributed by atoms with Crippen LogP contribution in [0.1, 0.15) is 11.5 Å². The molecular formula is C15H13FN2O2. The molecule has 0 bridgehead atoms. The first kappa shape index (κ1) is 12.5. The van der Waals surface area contributed by atoms with E-state index in [2.05, 4.69) is 4.98 Å². The molecule has 0 amide bonds. The second kappa shape index (κ2) is 4.85. The largest absolute Gasteiger partial charge is 0.481 e. The second-order valence-corrected chi connectivity index (χ2v) is 4.56. The normalized spacial score (nSPS) is 10.9. The van der Waals surface area contributed by atoms with Gasteiger partial charge in [-0.05, 0) is 42.8 Å². The topological polar surface area (TPSA) is 61.3 Å². The van der Waals surface area contributed by atoms with Crippen molar-refractivity contribution in [1.29, 1.82) is 0 Å². The smallest absolute Gasteiger partial charge is 0.233 e. The van der Waals surface area contributed by atoms with Crippen LogP contribution in [-0.2, 0) is 6.61 Å². The van der Waals surface area contributed by atoms with Crippen molar-refractivity contribution in [2.75, 3.05) is 5.73 Å². The van der Waals surface area contributed by atoms with Crippen molar-refractivity contribution in [3.63, 3.8) is 0 Å². The Hall–Kier alpha value is -2.56. The zero-order chi connectivity index (χ0) is 14.1. The Morgan fingerprint density at radius 2 is 2.10 bits per heavy atom. The molecule has 3 rings (SSSR count). The van der Waals surface area contributed by atoms with E-state index < -0.39 is 5.82 Å². The molecule has 0 aliphatic rings. The molecule has 1 heterocycles. The van der Waals surface area contributed by atoms with Crippen LogP contribution in [0, 0.1) is 12.7 Å². The number of fused-ring (bicyclic) bond motifs is 1. The van der Waals surface area contributed by atoms with Gasteiger partial charge in [0.25, 0.3) is 0 Å². The molecule has 1 aromatic heterocycles. The molecule has 2 N–H and O–H groups in total. The maximum atomic E-state index is 13.5. The molecule has 102 valence electrons. The average Bonchev–Trinajstić information content (AvgIpc) is 2.81. The highest BCUT2D eigenvalue weighted by Gasteiger charge is 2.09. The van der Waals surface area contributed by atoms with Gasteiger partial charge in [0.05, 0.1) is 0 Å². The van der Waals surface area contributed by atoms with Gasteiger partial charge in [-0.1, -0.05) is 6.07 Å². The van der Waals surface area contributed by atoms with Gasteiger partial charge in [0.2, 0.25) is 5.89 Å². The average molecular weight is 272 g/mol. The number of hydrogen-bond acceptors (Lipinski definition) is 4. The number of hydrogen-bond donors (Lipinski definition) is 1. The molecule has 0 aliphatic carbocycles. The lowest BCUT2D eigenvalue weighted by Crippen LogP contribution is -1.97. The number of nitrogens with two attached hydrogens (primary N) is 1. The predicted octanol–water partition coefficient (Wildman–Crippen LogP) is 3.44. The van der Waals surface area contributed by atoms with Crippen molar-refractivity contribution in [2.24, 2.45) is 0 Å². The van der Waals surface area contributed by atoms with Crippen LogP contribution >= 0.6 is 0 Å². The lowest BCUT2D eigenvalue weighted by Gasteiger charge is -2.05. The summed E-state index contributed by atoms with van der Waals surface area (Å²) in [6.45, 7) is 1.93. The van der Waals surface area contributed by atoms with Gasteiger partial charge in [-0.25, -0.2) is 9.37 Å². The first-order chi connectivity index (χ1) is 9.61. The summed E-state index contributed by atoms with van der Waals surface area (Å²) in [4.78, 5) is 4.25. The highest BCUT2D eigenvalue weighted by atomic mass is 19.1. The SMILES string of the molecule is Cc1ccc(F)c(OCc2nc3cc(N)ccc3o2)c1. The third-order valence-electron chi connectivity index (χ3n) is 2.89. The Kier molecular flexibility index (Phi) is 3.02. The summed E-state index contributed by atoms with van der Waals surface area (Å²) in [5.41, 5.74) is 8.50. The van der Waals surface area contributed by atoms with E-state index >= 15 is 0 Å². The Labute approximate surface area is 115 Å². The van der Waals surface area contributed by atoms with Gasteiger partial charge >= 0.3 is 0 Å². The van der Waals surface area contributed by atoms with Crippen LogP contribution in [0.4, 0.5) is 10.1 Å². The lowest BCUT2D eigenvalue weighted by molar-refractivity contribution is 0.255. The van der Waals surface area contributed by atoms with Gasteiger partial charge in [-0.2, -0.15) is 0 Å². The molecule has 20 heavy (non-hydrogen) atoms. The summed E-state index contributed by atoms with van der Waals surface area (Å²) in [5, 5.41) is 0. The molecule has 0 atom stereocenters. The van der Waals surface area contributed by atoms with Gasteiger partial charge in [0.1, 0.15) is 5.52 Å². The van der Waals surface area contributed by atoms with Crippen molar-refractivity contribution in [3.05, 3.63) is 53.7 Å². The number of ether oxygens (including phenoxy) is 1. The van der Waals surface area contributed by atoms with E-state index in [0.717, 1.165) is 5.56 Å². The van der Waals surface area contributed by atoms with Crippen molar-refractivity contribution in [1.82, 2.24) is 4.98 Å². The standard InChI is InChI=1S/C15H13FN2O2/c1-9-2-4-11(16)14(6-9)19-8-15-18-12-7-10(17)3-5-13(12)20-15/h2-7H,8,17H2,1H3. The fourth-order valence-electron chi connectivity index (χ4n) is 1.91. The maximum absolute atomic E-state index is 13.5. The van der Waals surface area contributed by atoms with Crippen LogP contribution in [0.2, 0.25) is 0 Å². The van der Waals surface area contributed by atoms with Crippen LogP contribution in [0.3, 0.4) is 0 Å². The van der Waals surface area contributed by atoms with E-state index in [0.29, 0.717) is 22.7 Å². The Bertz CT molecular complexity index is 768. The summed E-state index contributed by atoms with van der Waals surface area (Å²) in [5.74, 6) is 0.161. The number of aromatic nitrogens is 1. The van der Waals surface area contributed by atoms with Crippen LogP contribution in [0.5, 0.6) is 5.75 Å². The number of benzene rings is 2. The van der Waals surface area contributed by atoms with Gasteiger partial charge in [0.15, 0.2) is 23.8 Å². The number of rotatable bonds is 3. The molecule has 0 spiro atoms. The van der Waals surface area contributed by atoms with Gasteiger partial charge in [0, 0.05) is 5.69 Å². The Balaban J connectivity index is 1.81. The lowest BCUT2D eigenvalue weighted by atomic mass is 10.2. The maximum Gasteiger partial charge on any atom is 0.233 e. The molecule has 0 aliphatic heterocycles. The van der Waals surface area contributed by atoms with Gasteiger partial charge in [-0.15, -0.1) is 0 Å². The molecular weight excluding hydrogens is 259 g/mol. The van der Waals surface area contributed by atoms with E-state index in [4.69, 9.17) is 14.9 Å². The van der Waals surface area contributed by atoms with E-state index in [1.807, 2.05) is 6.92 Å². The molecule has 4 nitrogen and oxygen atoms in total. The van der Waals surface area contributed by atoms with Gasteiger partial charge < -0.3 is 14.9 Å². The number of aryl methyl sites for hydroxylation is 1. The van der Waals surface area contributed by atoms with E-state index in [1.54, 1.807) is 30.3 Å². The minimum absolute atomic E-state index is 0.0644. The Morgan fingerprint density at radius 3 is 2.95 bits per heavy atom. The summed E-state index contributed by atoms with van der Waals surface area (Å²) in [7, 11) is 0. The van der Waals surface area contributed by atoms with E-state index in [1.165, 1.54) is 6.07 Å². The number of oxazole rings is 1. The molecule has 0 radical (unpaired) electrons. The predicted molar refractivity (Wildman–Crippen MR) is 73.9 cm³/mol. The number of halogens is 1. The number of nitrogen functional groups attached to an aromatic ring is 1. The zero-order valence-corrected chi connectivity index (χ0v) is 10.9. The molecule has 0 unspecified atom stereocenters. The fraction of sp³-hybridized carbons (Fsp3) is 0.133. The van der Waals surface area contributed by atoms with Crippen LogP contribution in [0.25, 0.3) is 11.1 Å². The molecule has 2 aromatic carbocycles. The first-order valence-electron chi connectivity index (χ1n) is 6.16. The summed E-state index contributed by atoms with van der Waals surface area (Å²) in [6, 6.07) is 9.89. The molecule has 5 heteroatoms. The molecule has 3 aromatic rings. The van der Waals surface area contributed by atoms with Gasteiger partial charge in [-0.3, -0.25) is 0 Å². The molecule has 0 saturated carbocycles. The highest BCUT2D eigenvalue weighted by Crippen LogP contribution is 2.22. The minimum Gasteiger partial charge on any atom is -0.481 e. The third kappa shape index (κ3) is 2.42. The number of nitrogens with zero attached hydrogens (tertiary/aromatic N) is 1. The zero-order valence-electron chi connectivity index (χ0n) is 10.9. The molecule has 0 saturated heterocycles. The van der Waals surface area contributed by atoms with Crippen molar-refractivity contribution in [2.45, 2.75) is 13.5 Å². The quantitative estimate of drug-likeness (QED) is 0.742. The van der Waals surface area contributed by atoms with Crippen molar-refractivity contribution >= 4 is 16.8 Å². The van der Waals surface area contributed by atoms with Crippen molar-refractivity contribution in [3.8, 4) is 5.75 Å². The first-order valence-corrected chi connectivity index (χ1v) is 6.16. The van der Waals surface area contributed by atoms with Crippen LogP contribution in [-0.4, -0.2) is 4.98 Å². The van der Waals surface area contributed by atoms with E-state index in [9.17, 15) is 4.39 Å². The third-order valence-corrected chi connectivity index (χ3v) is 2.89. The Morgan fingerprint density at radius 1 is 1.25 bits per heavy atom. The molecule has 0 fully saturated rings. The summed E-state index contributed by atoms with van der Waals surface area (Å²) < 4.78 is 24.4. The summed E-state index contributed by atoms with van der Waals surface area (Å²) >= 11 is 0. The van der Waals surface area contributed by atoms with Crippen LogP contribution in [0.15, 0.2) is 40.8 Å². The minimum atomic E-state index is -0.407. The summed E-state index contributed by atoms with van der Waals surface area (Å²) in [6.07, 6.45) is 0. The highest BCUT2D eigenvalue weighted by molar-refractivity contribution is 5.76. The monoisotopic (exact) mass is 272 g/mol. The van der Waals surface area contributed by atoms with E-state index in [-0.39, 0.29) is 12.4 Å². The van der Waals surface area contributed by atoms with Crippen LogP contribution < -0.4 is 10.5 Å². The second-order valence-electron chi connectivity index (χ2n) is 4.56. The fourth-order valence-corrected chi connectivity index (χ4v) is 1.91. The van der Waals surface area contributed by atoms with Crippen molar-refractivity contribution < 1.29 is 13.5 Å².